The van der Waals surface area contributed by atoms with Gasteiger partial charge in [-0.05, 0) is 33.1 Å². The zero-order valence-electron chi connectivity index (χ0n) is 17.3. The minimum Gasteiger partial charge on any atom is -0.447 e. The maximum atomic E-state index is 11.8. The van der Waals surface area contributed by atoms with Gasteiger partial charge in [0.1, 0.15) is 10.8 Å². The first-order valence-corrected chi connectivity index (χ1v) is 10.9. The van der Waals surface area contributed by atoms with E-state index >= 15 is 0 Å². The lowest BCUT2D eigenvalue weighted by Gasteiger charge is -2.14. The third kappa shape index (κ3) is 4.88. The Hall–Kier alpha value is -2.72. The number of anilines is 2. The molecule has 3 aromatic rings. The number of thiazole rings is 1. The summed E-state index contributed by atoms with van der Waals surface area (Å²) in [5.41, 5.74) is 1.94. The van der Waals surface area contributed by atoms with Gasteiger partial charge < -0.3 is 20.1 Å². The molecule has 30 heavy (non-hydrogen) atoms. The van der Waals surface area contributed by atoms with Crippen molar-refractivity contribution in [1.29, 1.82) is 0 Å². The Kier molecular flexibility index (Phi) is 6.14. The number of fused-ring (bicyclic) bond motifs is 1. The second-order valence-corrected chi connectivity index (χ2v) is 8.83. The van der Waals surface area contributed by atoms with Crippen molar-refractivity contribution >= 4 is 39.3 Å². The number of alkyl carbamates (subject to hydrolysis) is 1. The molecule has 0 spiro atoms. The lowest BCUT2D eigenvalue weighted by molar-refractivity contribution is 0.112. The number of carbonyl (C=O) groups is 1. The lowest BCUT2D eigenvalue weighted by atomic mass is 10.0. The normalized spacial score (nSPS) is 18.8. The molecule has 4 rings (SSSR count). The van der Waals surface area contributed by atoms with Crippen molar-refractivity contribution < 1.29 is 14.3 Å². The minimum atomic E-state index is -0.347. The van der Waals surface area contributed by atoms with E-state index in [0.717, 1.165) is 40.2 Å². The molecule has 3 heterocycles. The predicted molar refractivity (Wildman–Crippen MR) is 115 cm³/mol. The van der Waals surface area contributed by atoms with Crippen LogP contribution >= 0.6 is 11.3 Å². The SMILES string of the molecule is COCc1nc2cc(Nc3cc(C4CCC(NC(=O)OC(C)C)C4)[nH]n3)ncc2s1. The maximum absolute atomic E-state index is 11.8. The van der Waals surface area contributed by atoms with Gasteiger partial charge in [0.15, 0.2) is 5.82 Å². The molecule has 1 saturated carbocycles. The van der Waals surface area contributed by atoms with Gasteiger partial charge in [0, 0.05) is 43.1 Å². The molecule has 3 N–H and O–H groups in total. The zero-order chi connectivity index (χ0) is 21.1. The summed E-state index contributed by atoms with van der Waals surface area (Å²) in [4.78, 5) is 20.8. The highest BCUT2D eigenvalue weighted by molar-refractivity contribution is 7.18. The predicted octanol–water partition coefficient (Wildman–Crippen LogP) is 4.08. The van der Waals surface area contributed by atoms with Gasteiger partial charge in [0.25, 0.3) is 0 Å². The molecule has 0 saturated heterocycles. The van der Waals surface area contributed by atoms with Crippen LogP contribution in [0.4, 0.5) is 16.4 Å². The second-order valence-electron chi connectivity index (χ2n) is 7.72. The number of nitrogens with one attached hydrogen (secondary N) is 3. The highest BCUT2D eigenvalue weighted by atomic mass is 32.1. The van der Waals surface area contributed by atoms with Crippen molar-refractivity contribution in [3.05, 3.63) is 29.0 Å². The van der Waals surface area contributed by atoms with Crippen molar-refractivity contribution in [3.63, 3.8) is 0 Å². The molecule has 1 aliphatic carbocycles. The summed E-state index contributed by atoms with van der Waals surface area (Å²) in [6.45, 7) is 4.18. The number of hydrogen-bond donors (Lipinski definition) is 3. The van der Waals surface area contributed by atoms with Gasteiger partial charge in [-0.2, -0.15) is 5.10 Å². The Bertz CT molecular complexity index is 1020. The molecular formula is C20H26N6O3S. The second kappa shape index (κ2) is 8.97. The average Bonchev–Trinajstić information content (AvgIpc) is 3.40. The molecule has 10 heteroatoms. The number of pyridine rings is 1. The summed E-state index contributed by atoms with van der Waals surface area (Å²) in [6.07, 6.45) is 4.11. The Morgan fingerprint density at radius 3 is 3.00 bits per heavy atom. The molecular weight excluding hydrogens is 404 g/mol. The minimum absolute atomic E-state index is 0.118. The van der Waals surface area contributed by atoms with E-state index in [1.807, 2.05) is 32.2 Å². The number of carbonyl (C=O) groups excluding carboxylic acids is 1. The van der Waals surface area contributed by atoms with Gasteiger partial charge in [0.2, 0.25) is 0 Å². The molecule has 0 bridgehead atoms. The average molecular weight is 431 g/mol. The number of amides is 1. The van der Waals surface area contributed by atoms with Crippen molar-refractivity contribution in [2.75, 3.05) is 12.4 Å². The lowest BCUT2D eigenvalue weighted by Crippen LogP contribution is -2.34. The van der Waals surface area contributed by atoms with Gasteiger partial charge in [0.05, 0.1) is 22.9 Å². The molecule has 9 nitrogen and oxygen atoms in total. The summed E-state index contributed by atoms with van der Waals surface area (Å²) in [5, 5.41) is 14.6. The van der Waals surface area contributed by atoms with Gasteiger partial charge >= 0.3 is 6.09 Å². The molecule has 1 amide bonds. The van der Waals surface area contributed by atoms with Crippen molar-refractivity contribution in [2.24, 2.45) is 0 Å². The number of nitrogens with zero attached hydrogens (tertiary/aromatic N) is 3. The summed E-state index contributed by atoms with van der Waals surface area (Å²) in [6, 6.07) is 4.04. The van der Waals surface area contributed by atoms with Crippen LogP contribution in [0.5, 0.6) is 0 Å². The fourth-order valence-electron chi connectivity index (χ4n) is 3.69. The monoisotopic (exact) mass is 430 g/mol. The summed E-state index contributed by atoms with van der Waals surface area (Å²) < 4.78 is 11.3. The number of ether oxygens (including phenoxy) is 2. The first kappa shape index (κ1) is 20.5. The van der Waals surface area contributed by atoms with Crippen LogP contribution in [-0.4, -0.2) is 45.5 Å². The van der Waals surface area contributed by atoms with Crippen molar-refractivity contribution in [1.82, 2.24) is 25.5 Å². The third-order valence-corrected chi connectivity index (χ3v) is 5.96. The number of methoxy groups -OCH3 is 1. The first-order valence-electron chi connectivity index (χ1n) is 10.0. The van der Waals surface area contributed by atoms with Crippen LogP contribution in [0.15, 0.2) is 18.3 Å². The van der Waals surface area contributed by atoms with Gasteiger partial charge in [-0.1, -0.05) is 0 Å². The third-order valence-electron chi connectivity index (χ3n) is 4.98. The van der Waals surface area contributed by atoms with Gasteiger partial charge in [-0.3, -0.25) is 5.10 Å². The van der Waals surface area contributed by atoms with E-state index in [1.165, 1.54) is 0 Å². The highest BCUT2D eigenvalue weighted by Gasteiger charge is 2.29. The van der Waals surface area contributed by atoms with Crippen molar-refractivity contribution in [2.45, 2.75) is 57.8 Å². The van der Waals surface area contributed by atoms with Crippen LogP contribution in [0.1, 0.15) is 49.7 Å². The molecule has 1 aliphatic rings. The molecule has 3 aromatic heterocycles. The van der Waals surface area contributed by atoms with E-state index in [-0.39, 0.29) is 18.2 Å². The Morgan fingerprint density at radius 2 is 2.20 bits per heavy atom. The highest BCUT2D eigenvalue weighted by Crippen LogP contribution is 2.34. The van der Waals surface area contributed by atoms with E-state index in [1.54, 1.807) is 18.4 Å². The Balaban J connectivity index is 1.36. The molecule has 0 aromatic carbocycles. The summed E-state index contributed by atoms with van der Waals surface area (Å²) in [7, 11) is 1.66. The maximum Gasteiger partial charge on any atom is 0.407 e. The van der Waals surface area contributed by atoms with Crippen molar-refractivity contribution in [3.8, 4) is 0 Å². The number of rotatable bonds is 7. The largest absolute Gasteiger partial charge is 0.447 e. The number of hydrogen-bond acceptors (Lipinski definition) is 8. The van der Waals surface area contributed by atoms with Crippen LogP contribution in [0.25, 0.3) is 10.2 Å². The van der Waals surface area contributed by atoms with Crippen LogP contribution in [0, 0.1) is 0 Å². The topological polar surface area (TPSA) is 114 Å². The molecule has 0 aliphatic heterocycles. The summed E-state index contributed by atoms with van der Waals surface area (Å²) in [5.74, 6) is 1.72. The fourth-order valence-corrected chi connectivity index (χ4v) is 4.58. The van der Waals surface area contributed by atoms with Crippen LogP contribution in [-0.2, 0) is 16.1 Å². The smallest absolute Gasteiger partial charge is 0.407 e. The molecule has 2 unspecified atom stereocenters. The molecule has 1 fully saturated rings. The van der Waals surface area contributed by atoms with E-state index < -0.39 is 0 Å². The van der Waals surface area contributed by atoms with E-state index in [2.05, 4.69) is 30.8 Å². The number of aromatic nitrogens is 4. The fraction of sp³-hybridized carbons (Fsp3) is 0.500. The summed E-state index contributed by atoms with van der Waals surface area (Å²) >= 11 is 1.58. The first-order chi connectivity index (χ1) is 14.5. The van der Waals surface area contributed by atoms with E-state index in [0.29, 0.717) is 24.2 Å². The standard InChI is InChI=1S/C20H26N6O3S/c1-11(2)29-20(27)22-13-5-4-12(6-13)14-7-18(26-25-14)24-17-8-15-16(9-21-17)30-19(23-15)10-28-3/h7-9,11-13H,4-6,10H2,1-3H3,(H,22,27)(H2,21,24,25,26). The Labute approximate surface area is 178 Å². The molecule has 0 radical (unpaired) electrons. The van der Waals surface area contributed by atoms with E-state index in [4.69, 9.17) is 9.47 Å². The number of H-pyrrole nitrogens is 1. The molecule has 2 atom stereocenters. The zero-order valence-corrected chi connectivity index (χ0v) is 18.1. The quantitative estimate of drug-likeness (QED) is 0.517. The van der Waals surface area contributed by atoms with Crippen LogP contribution < -0.4 is 10.6 Å². The molecule has 160 valence electrons. The van der Waals surface area contributed by atoms with Gasteiger partial charge in [-0.25, -0.2) is 14.8 Å². The Morgan fingerprint density at radius 1 is 1.33 bits per heavy atom. The number of aromatic amines is 1. The van der Waals surface area contributed by atoms with Crippen LogP contribution in [0.3, 0.4) is 0 Å². The van der Waals surface area contributed by atoms with E-state index in [9.17, 15) is 4.79 Å². The van der Waals surface area contributed by atoms with Crippen LogP contribution in [0.2, 0.25) is 0 Å². The van der Waals surface area contributed by atoms with Gasteiger partial charge in [-0.15, -0.1) is 11.3 Å².